The second kappa shape index (κ2) is 7.57. The highest BCUT2D eigenvalue weighted by Gasteiger charge is 2.38. The van der Waals surface area contributed by atoms with Crippen molar-refractivity contribution in [2.75, 3.05) is 0 Å². The van der Waals surface area contributed by atoms with Gasteiger partial charge in [0.2, 0.25) is 0 Å². The highest BCUT2D eigenvalue weighted by atomic mass is 14.4. The molecule has 0 aliphatic heterocycles. The molecule has 0 fully saturated rings. The van der Waals surface area contributed by atoms with Gasteiger partial charge in [0.05, 0.1) is 0 Å². The second-order valence-electron chi connectivity index (χ2n) is 9.54. The maximum atomic E-state index is 3.46. The van der Waals surface area contributed by atoms with E-state index >= 15 is 0 Å². The van der Waals surface area contributed by atoms with Gasteiger partial charge in [-0.15, -0.1) is 0 Å². The molecule has 4 rings (SSSR count). The van der Waals surface area contributed by atoms with Gasteiger partial charge in [-0.25, -0.2) is 0 Å². The molecule has 3 aromatic carbocycles. The van der Waals surface area contributed by atoms with Crippen molar-refractivity contribution in [2.45, 2.75) is 57.8 Å². The van der Waals surface area contributed by atoms with Gasteiger partial charge < -0.3 is 0 Å². The number of benzene rings is 3. The average Bonchev–Trinajstić information content (AvgIpc) is 2.72. The van der Waals surface area contributed by atoms with Crippen LogP contribution in [0.5, 0.6) is 0 Å². The lowest BCUT2D eigenvalue weighted by Crippen LogP contribution is -2.35. The SMILES string of the molecule is CC1(C)CCC(C)(C)c2c(CC#Cc3ccccc3)cc(-c3ccccc3)cc21. The summed E-state index contributed by atoms with van der Waals surface area (Å²) in [5.41, 5.74) is 8.48. The summed E-state index contributed by atoms with van der Waals surface area (Å²) in [6.07, 6.45) is 3.23. The van der Waals surface area contributed by atoms with Crippen LogP contribution in [0.3, 0.4) is 0 Å². The van der Waals surface area contributed by atoms with E-state index in [2.05, 4.69) is 94.1 Å². The lowest BCUT2D eigenvalue weighted by Gasteiger charge is -2.43. The molecule has 0 amide bonds. The van der Waals surface area contributed by atoms with Crippen LogP contribution in [-0.2, 0) is 17.3 Å². The number of rotatable bonds is 2. The zero-order valence-electron chi connectivity index (χ0n) is 18.0. The van der Waals surface area contributed by atoms with Gasteiger partial charge in [-0.05, 0) is 69.7 Å². The normalized spacial score (nSPS) is 16.4. The van der Waals surface area contributed by atoms with Crippen LogP contribution in [-0.4, -0.2) is 0 Å². The zero-order valence-corrected chi connectivity index (χ0v) is 18.0. The maximum Gasteiger partial charge on any atom is 0.0347 e. The highest BCUT2D eigenvalue weighted by Crippen LogP contribution is 2.48. The summed E-state index contributed by atoms with van der Waals surface area (Å²) >= 11 is 0. The Labute approximate surface area is 176 Å². The Bertz CT molecular complexity index is 1060. The van der Waals surface area contributed by atoms with Crippen LogP contribution >= 0.6 is 0 Å². The average molecular weight is 379 g/mol. The summed E-state index contributed by atoms with van der Waals surface area (Å²) in [5, 5.41) is 0. The quantitative estimate of drug-likeness (QED) is 0.410. The van der Waals surface area contributed by atoms with E-state index < -0.39 is 0 Å². The van der Waals surface area contributed by atoms with Gasteiger partial charge in [0.1, 0.15) is 0 Å². The van der Waals surface area contributed by atoms with Gasteiger partial charge in [-0.1, -0.05) is 94.1 Å². The largest absolute Gasteiger partial charge is 0.0931 e. The van der Waals surface area contributed by atoms with Crippen molar-refractivity contribution in [1.82, 2.24) is 0 Å². The van der Waals surface area contributed by atoms with Gasteiger partial charge in [0, 0.05) is 12.0 Å². The molecule has 0 saturated carbocycles. The van der Waals surface area contributed by atoms with Crippen molar-refractivity contribution in [3.8, 4) is 23.0 Å². The summed E-state index contributed by atoms with van der Waals surface area (Å²) in [4.78, 5) is 0. The lowest BCUT2D eigenvalue weighted by atomic mass is 9.61. The molecule has 3 aromatic rings. The Balaban J connectivity index is 1.85. The van der Waals surface area contributed by atoms with E-state index in [-0.39, 0.29) is 10.8 Å². The zero-order chi connectivity index (χ0) is 20.5. The molecular weight excluding hydrogens is 348 g/mol. The van der Waals surface area contributed by atoms with Gasteiger partial charge in [0.15, 0.2) is 0 Å². The van der Waals surface area contributed by atoms with Crippen molar-refractivity contribution < 1.29 is 0 Å². The summed E-state index contributed by atoms with van der Waals surface area (Å²) in [5.74, 6) is 6.82. The van der Waals surface area contributed by atoms with Crippen LogP contribution in [0.1, 0.15) is 62.8 Å². The summed E-state index contributed by atoms with van der Waals surface area (Å²) in [6, 6.07) is 25.9. The van der Waals surface area contributed by atoms with Crippen molar-refractivity contribution in [3.05, 3.63) is 95.1 Å². The first-order valence-electron chi connectivity index (χ1n) is 10.6. The monoisotopic (exact) mass is 378 g/mol. The molecule has 1 aliphatic carbocycles. The van der Waals surface area contributed by atoms with Gasteiger partial charge in [0.25, 0.3) is 0 Å². The fourth-order valence-electron chi connectivity index (χ4n) is 4.62. The van der Waals surface area contributed by atoms with E-state index in [9.17, 15) is 0 Å². The summed E-state index contributed by atoms with van der Waals surface area (Å²) < 4.78 is 0. The minimum atomic E-state index is 0.184. The molecule has 0 radical (unpaired) electrons. The first-order valence-corrected chi connectivity index (χ1v) is 10.6. The molecule has 146 valence electrons. The molecule has 29 heavy (non-hydrogen) atoms. The number of hydrogen-bond acceptors (Lipinski definition) is 0. The van der Waals surface area contributed by atoms with E-state index in [4.69, 9.17) is 0 Å². The summed E-state index contributed by atoms with van der Waals surface area (Å²) in [7, 11) is 0. The smallest absolute Gasteiger partial charge is 0.0347 e. The predicted molar refractivity (Wildman–Crippen MR) is 124 cm³/mol. The molecule has 0 bridgehead atoms. The molecular formula is C29H30. The molecule has 0 nitrogen and oxygen atoms in total. The Kier molecular flexibility index (Phi) is 5.10. The van der Waals surface area contributed by atoms with Gasteiger partial charge >= 0.3 is 0 Å². The van der Waals surface area contributed by atoms with Crippen molar-refractivity contribution in [1.29, 1.82) is 0 Å². The maximum absolute atomic E-state index is 3.46. The van der Waals surface area contributed by atoms with E-state index in [1.807, 2.05) is 18.2 Å². The van der Waals surface area contributed by atoms with Crippen LogP contribution in [0.2, 0.25) is 0 Å². The third-order valence-electron chi connectivity index (χ3n) is 6.39. The standard InChI is InChI=1S/C29H30/c1-28(2)18-19-29(3,4)27-24(17-11-14-22-12-7-5-8-13-22)20-25(21-26(27)28)23-15-9-6-10-16-23/h5-10,12-13,15-16,20-21H,17-19H2,1-4H3. The minimum absolute atomic E-state index is 0.184. The third kappa shape index (κ3) is 4.01. The Hall–Kier alpha value is -2.78. The Morgan fingerprint density at radius 1 is 0.724 bits per heavy atom. The van der Waals surface area contributed by atoms with Crippen molar-refractivity contribution in [3.63, 3.8) is 0 Å². The Morgan fingerprint density at radius 3 is 2.03 bits per heavy atom. The van der Waals surface area contributed by atoms with E-state index in [0.717, 1.165) is 12.0 Å². The fourth-order valence-corrected chi connectivity index (χ4v) is 4.62. The number of fused-ring (bicyclic) bond motifs is 1. The fraction of sp³-hybridized carbons (Fsp3) is 0.310. The van der Waals surface area contributed by atoms with E-state index in [0.29, 0.717) is 0 Å². The second-order valence-corrected chi connectivity index (χ2v) is 9.54. The van der Waals surface area contributed by atoms with Crippen LogP contribution in [0.25, 0.3) is 11.1 Å². The topological polar surface area (TPSA) is 0 Å². The van der Waals surface area contributed by atoms with Crippen LogP contribution in [0.15, 0.2) is 72.8 Å². The highest BCUT2D eigenvalue weighted by molar-refractivity contribution is 5.68. The number of hydrogen-bond donors (Lipinski definition) is 0. The molecule has 0 atom stereocenters. The van der Waals surface area contributed by atoms with Gasteiger partial charge in [-0.3, -0.25) is 0 Å². The Morgan fingerprint density at radius 2 is 1.34 bits per heavy atom. The molecule has 0 saturated heterocycles. The van der Waals surface area contributed by atoms with Crippen molar-refractivity contribution >= 4 is 0 Å². The molecule has 0 spiro atoms. The van der Waals surface area contributed by atoms with E-state index in [1.54, 1.807) is 0 Å². The minimum Gasteiger partial charge on any atom is -0.0931 e. The first-order chi connectivity index (χ1) is 13.9. The third-order valence-corrected chi connectivity index (χ3v) is 6.39. The van der Waals surface area contributed by atoms with Gasteiger partial charge in [-0.2, -0.15) is 0 Å². The molecule has 0 heteroatoms. The predicted octanol–water partition coefficient (Wildman–Crippen LogP) is 7.30. The van der Waals surface area contributed by atoms with E-state index in [1.165, 1.54) is 40.7 Å². The van der Waals surface area contributed by atoms with Crippen LogP contribution in [0, 0.1) is 11.8 Å². The van der Waals surface area contributed by atoms with Crippen LogP contribution < -0.4 is 0 Å². The summed E-state index contributed by atoms with van der Waals surface area (Å²) in [6.45, 7) is 9.60. The molecule has 0 aromatic heterocycles. The molecule has 0 heterocycles. The lowest BCUT2D eigenvalue weighted by molar-refractivity contribution is 0.330. The molecule has 0 N–H and O–H groups in total. The first kappa shape index (κ1) is 19.5. The van der Waals surface area contributed by atoms with Crippen LogP contribution in [0.4, 0.5) is 0 Å². The molecule has 1 aliphatic rings. The molecule has 0 unspecified atom stereocenters. The van der Waals surface area contributed by atoms with Crippen molar-refractivity contribution in [2.24, 2.45) is 0 Å².